The number of carbonyl (C=O) groups excluding carboxylic acids is 1. The fourth-order valence-corrected chi connectivity index (χ4v) is 5.30. The van der Waals surface area contributed by atoms with Crippen molar-refractivity contribution in [3.63, 3.8) is 0 Å². The predicted molar refractivity (Wildman–Crippen MR) is 114 cm³/mol. The van der Waals surface area contributed by atoms with Gasteiger partial charge in [0.05, 0.1) is 15.8 Å². The second kappa shape index (κ2) is 10.6. The van der Waals surface area contributed by atoms with E-state index >= 15 is 0 Å². The van der Waals surface area contributed by atoms with Crippen LogP contribution in [0, 0.1) is 0 Å². The number of amides is 1. The fourth-order valence-electron chi connectivity index (χ4n) is 2.97. The van der Waals surface area contributed by atoms with Crippen molar-refractivity contribution in [1.82, 2.24) is 9.29 Å². The molecule has 0 bridgehead atoms. The average Bonchev–Trinajstić information content (AvgIpc) is 2.75. The molecule has 1 amide bonds. The van der Waals surface area contributed by atoms with Gasteiger partial charge in [-0.2, -0.15) is 13.1 Å². The second-order valence-electron chi connectivity index (χ2n) is 6.66. The Morgan fingerprint density at radius 2 is 1.97 bits per heavy atom. The number of benzene rings is 1. The Balaban J connectivity index is 1.54. The lowest BCUT2D eigenvalue weighted by molar-refractivity contribution is -0.113. The Labute approximate surface area is 188 Å². The largest absolute Gasteiger partial charge is 0.433 e. The van der Waals surface area contributed by atoms with Gasteiger partial charge in [-0.1, -0.05) is 29.8 Å². The molecule has 2 heterocycles. The highest BCUT2D eigenvalue weighted by Gasteiger charge is 2.26. The highest BCUT2D eigenvalue weighted by atomic mass is 35.5. The molecular weight excluding hydrogens is 472 g/mol. The lowest BCUT2D eigenvalue weighted by Gasteiger charge is -2.25. The lowest BCUT2D eigenvalue weighted by atomic mass is 10.2. The molecule has 168 valence electrons. The third kappa shape index (κ3) is 6.52. The molecule has 0 aliphatic carbocycles. The second-order valence-corrected chi connectivity index (χ2v) is 10.00. The van der Waals surface area contributed by atoms with Gasteiger partial charge in [-0.25, -0.2) is 13.4 Å². The molecule has 0 spiro atoms. The van der Waals surface area contributed by atoms with Crippen molar-refractivity contribution in [1.29, 1.82) is 0 Å². The van der Waals surface area contributed by atoms with Crippen molar-refractivity contribution in [3.05, 3.63) is 41.6 Å². The van der Waals surface area contributed by atoms with Gasteiger partial charge in [-0.15, -0.1) is 0 Å². The van der Waals surface area contributed by atoms with E-state index in [1.54, 1.807) is 6.07 Å². The highest BCUT2D eigenvalue weighted by Crippen LogP contribution is 2.29. The molecule has 1 N–H and O–H groups in total. The molecule has 2 aromatic rings. The SMILES string of the molecule is O=C(CSc1ccc(S(=O)(=O)N2CCCCC2)cn1)Nc1ccc(OC(F)F)c(Cl)c1. The predicted octanol–water partition coefficient (Wildman–Crippen LogP) is 4.24. The first kappa shape index (κ1) is 23.7. The summed E-state index contributed by atoms with van der Waals surface area (Å²) in [5.41, 5.74) is 0.327. The van der Waals surface area contributed by atoms with Crippen LogP contribution < -0.4 is 10.1 Å². The van der Waals surface area contributed by atoms with Crippen LogP contribution in [0.4, 0.5) is 14.5 Å². The number of anilines is 1. The number of rotatable bonds is 8. The monoisotopic (exact) mass is 491 g/mol. The summed E-state index contributed by atoms with van der Waals surface area (Å²) >= 11 is 6.99. The van der Waals surface area contributed by atoms with Gasteiger partial charge in [0.1, 0.15) is 10.6 Å². The minimum atomic E-state index is -3.55. The van der Waals surface area contributed by atoms with Crippen LogP contribution in [-0.4, -0.2) is 49.1 Å². The van der Waals surface area contributed by atoms with Gasteiger partial charge in [0.15, 0.2) is 0 Å². The zero-order valence-corrected chi connectivity index (χ0v) is 18.7. The Morgan fingerprint density at radius 3 is 2.58 bits per heavy atom. The first-order valence-corrected chi connectivity index (χ1v) is 12.2. The van der Waals surface area contributed by atoms with Gasteiger partial charge in [0.25, 0.3) is 0 Å². The number of nitrogens with zero attached hydrogens (tertiary/aromatic N) is 2. The van der Waals surface area contributed by atoms with Gasteiger partial charge in [-0.3, -0.25) is 4.79 Å². The summed E-state index contributed by atoms with van der Waals surface area (Å²) in [7, 11) is -3.55. The van der Waals surface area contributed by atoms with Crippen LogP contribution in [0.15, 0.2) is 46.5 Å². The number of carbonyl (C=O) groups is 1. The van der Waals surface area contributed by atoms with E-state index < -0.39 is 16.6 Å². The van der Waals surface area contributed by atoms with Crippen molar-refractivity contribution in [3.8, 4) is 5.75 Å². The fraction of sp³-hybridized carbons (Fsp3) is 0.368. The maximum Gasteiger partial charge on any atom is 0.387 e. The first-order chi connectivity index (χ1) is 14.8. The summed E-state index contributed by atoms with van der Waals surface area (Å²) in [5, 5.41) is 3.03. The molecule has 1 aromatic carbocycles. The van der Waals surface area contributed by atoms with Gasteiger partial charge >= 0.3 is 6.61 Å². The summed E-state index contributed by atoms with van der Waals surface area (Å²) < 4.78 is 55.5. The third-order valence-corrected chi connectivity index (χ3v) is 7.57. The number of piperidine rings is 1. The zero-order chi connectivity index (χ0) is 22.4. The molecule has 0 unspecified atom stereocenters. The number of hydrogen-bond donors (Lipinski definition) is 1. The van der Waals surface area contributed by atoms with Crippen LogP contribution in [0.3, 0.4) is 0 Å². The molecule has 0 saturated carbocycles. The normalized spacial score (nSPS) is 15.1. The minimum absolute atomic E-state index is 0.0120. The summed E-state index contributed by atoms with van der Waals surface area (Å²) in [6, 6.07) is 6.98. The molecule has 1 saturated heterocycles. The van der Waals surface area contributed by atoms with Crippen molar-refractivity contribution >= 4 is 45.0 Å². The Morgan fingerprint density at radius 1 is 1.23 bits per heavy atom. The number of halogens is 3. The maximum atomic E-state index is 12.6. The standard InChI is InChI=1S/C19H20ClF2N3O4S2/c20-15-10-13(4-6-16(15)29-19(21)22)24-17(26)12-30-18-7-5-14(11-23-18)31(27,28)25-8-2-1-3-9-25/h4-7,10-11,19H,1-3,8-9,12H2,(H,24,26). The molecule has 7 nitrogen and oxygen atoms in total. The topological polar surface area (TPSA) is 88.6 Å². The van der Waals surface area contributed by atoms with E-state index in [1.165, 1.54) is 34.8 Å². The van der Waals surface area contributed by atoms with Crippen LogP contribution in [0.25, 0.3) is 0 Å². The van der Waals surface area contributed by atoms with Crippen LogP contribution in [0.5, 0.6) is 5.75 Å². The van der Waals surface area contributed by atoms with Gasteiger partial charge in [-0.05, 0) is 43.2 Å². The summed E-state index contributed by atoms with van der Waals surface area (Å²) in [6.07, 6.45) is 4.03. The van der Waals surface area contributed by atoms with E-state index in [0.29, 0.717) is 23.8 Å². The summed E-state index contributed by atoms with van der Waals surface area (Å²) in [4.78, 5) is 16.4. The quantitative estimate of drug-likeness (QED) is 0.555. The molecule has 0 atom stereocenters. The Kier molecular flexibility index (Phi) is 8.09. The minimum Gasteiger partial charge on any atom is -0.433 e. The average molecular weight is 492 g/mol. The molecule has 0 radical (unpaired) electrons. The summed E-state index contributed by atoms with van der Waals surface area (Å²) in [6.45, 7) is -1.97. The van der Waals surface area contributed by atoms with Crippen molar-refractivity contribution in [2.75, 3.05) is 24.2 Å². The van der Waals surface area contributed by atoms with E-state index in [9.17, 15) is 22.0 Å². The van der Waals surface area contributed by atoms with Gasteiger partial charge in [0.2, 0.25) is 15.9 Å². The molecule has 1 aromatic heterocycles. The Bertz CT molecular complexity index is 1020. The van der Waals surface area contributed by atoms with Crippen LogP contribution in [0.1, 0.15) is 19.3 Å². The van der Waals surface area contributed by atoms with Crippen LogP contribution >= 0.6 is 23.4 Å². The van der Waals surface area contributed by atoms with E-state index in [4.69, 9.17) is 11.6 Å². The zero-order valence-electron chi connectivity index (χ0n) is 16.3. The van der Waals surface area contributed by atoms with Crippen molar-refractivity contribution in [2.45, 2.75) is 35.8 Å². The number of aromatic nitrogens is 1. The highest BCUT2D eigenvalue weighted by molar-refractivity contribution is 7.99. The van der Waals surface area contributed by atoms with Crippen LogP contribution in [-0.2, 0) is 14.8 Å². The first-order valence-electron chi connectivity index (χ1n) is 9.39. The van der Waals surface area contributed by atoms with Gasteiger partial charge < -0.3 is 10.1 Å². The number of pyridine rings is 1. The molecule has 31 heavy (non-hydrogen) atoms. The van der Waals surface area contributed by atoms with Crippen molar-refractivity contribution < 1.29 is 26.7 Å². The molecule has 1 aliphatic rings. The Hall–Kier alpha value is -1.95. The number of hydrogen-bond acceptors (Lipinski definition) is 6. The van der Waals surface area contributed by atoms with Crippen LogP contribution in [0.2, 0.25) is 5.02 Å². The van der Waals surface area contributed by atoms with E-state index in [0.717, 1.165) is 31.0 Å². The molecule has 12 heteroatoms. The maximum absolute atomic E-state index is 12.6. The lowest BCUT2D eigenvalue weighted by Crippen LogP contribution is -2.35. The number of thioether (sulfide) groups is 1. The molecule has 1 aliphatic heterocycles. The van der Waals surface area contributed by atoms with Gasteiger partial charge in [0, 0.05) is 25.0 Å². The number of sulfonamides is 1. The third-order valence-electron chi connectivity index (χ3n) is 4.44. The van der Waals surface area contributed by atoms with E-state index in [2.05, 4.69) is 15.0 Å². The van der Waals surface area contributed by atoms with E-state index in [-0.39, 0.29) is 27.3 Å². The number of alkyl halides is 2. The molecule has 1 fully saturated rings. The number of nitrogens with one attached hydrogen (secondary N) is 1. The molecule has 3 rings (SSSR count). The smallest absolute Gasteiger partial charge is 0.387 e. The van der Waals surface area contributed by atoms with Crippen molar-refractivity contribution in [2.24, 2.45) is 0 Å². The summed E-state index contributed by atoms with van der Waals surface area (Å²) in [5.74, 6) is -0.541. The number of ether oxygens (including phenoxy) is 1. The molecular formula is C19H20ClF2N3O4S2. The van der Waals surface area contributed by atoms with E-state index in [1.807, 2.05) is 0 Å².